The number of nitrogens with zero attached hydrogens (tertiary/aromatic N) is 1. The van der Waals surface area contributed by atoms with Crippen molar-refractivity contribution in [1.82, 2.24) is 0 Å². The number of ether oxygens (including phenoxy) is 2. The van der Waals surface area contributed by atoms with E-state index in [1.54, 1.807) is 42.5 Å². The molecule has 0 bridgehead atoms. The Morgan fingerprint density at radius 3 is 2.44 bits per heavy atom. The second-order valence-corrected chi connectivity index (χ2v) is 7.29. The van der Waals surface area contributed by atoms with Gasteiger partial charge in [0.05, 0.1) is 29.3 Å². The van der Waals surface area contributed by atoms with E-state index in [-0.39, 0.29) is 10.1 Å². The molecule has 0 atom stereocenters. The number of carbonyl (C=O) groups excluding carboxylic acids is 2. The number of thioether (sulfide) groups is 1. The summed E-state index contributed by atoms with van der Waals surface area (Å²) in [6, 6.07) is 9.78. The average molecular weight is 424 g/mol. The van der Waals surface area contributed by atoms with Gasteiger partial charge in [0.2, 0.25) is 0 Å². The fourth-order valence-corrected chi connectivity index (χ4v) is 3.68. The van der Waals surface area contributed by atoms with Gasteiger partial charge in [-0.15, -0.1) is 0 Å². The van der Waals surface area contributed by atoms with Crippen LogP contribution in [-0.2, 0) is 4.79 Å². The van der Waals surface area contributed by atoms with Gasteiger partial charge in [0.25, 0.3) is 11.1 Å². The Kier molecular flexibility index (Phi) is 5.99. The molecule has 1 aliphatic heterocycles. The van der Waals surface area contributed by atoms with Crippen molar-refractivity contribution in [2.24, 2.45) is 0 Å². The third kappa shape index (κ3) is 4.08. The number of hydrogen-bond acceptors (Lipinski definition) is 5. The number of halogens is 2. The van der Waals surface area contributed by atoms with Gasteiger partial charge < -0.3 is 9.47 Å². The highest BCUT2D eigenvalue weighted by Gasteiger charge is 2.36. The third-order valence-corrected chi connectivity index (χ3v) is 5.20. The lowest BCUT2D eigenvalue weighted by atomic mass is 10.1. The van der Waals surface area contributed by atoms with Crippen LogP contribution in [0.4, 0.5) is 10.5 Å². The van der Waals surface area contributed by atoms with Crippen molar-refractivity contribution in [3.63, 3.8) is 0 Å². The number of carbonyl (C=O) groups is 2. The summed E-state index contributed by atoms with van der Waals surface area (Å²) >= 11 is 13.0. The minimum absolute atomic E-state index is 0.267. The Bertz CT molecular complexity index is 928. The predicted octanol–water partition coefficient (Wildman–Crippen LogP) is 5.64. The van der Waals surface area contributed by atoms with E-state index in [2.05, 4.69) is 0 Å². The van der Waals surface area contributed by atoms with Crippen molar-refractivity contribution in [2.75, 3.05) is 18.6 Å². The van der Waals surface area contributed by atoms with E-state index < -0.39 is 5.91 Å². The van der Waals surface area contributed by atoms with Gasteiger partial charge in [0.1, 0.15) is 0 Å². The lowest BCUT2D eigenvalue weighted by Gasteiger charge is -2.12. The molecular formula is C19H15Cl2NO4S. The molecule has 2 aromatic rings. The third-order valence-electron chi connectivity index (χ3n) is 3.75. The number of anilines is 1. The van der Waals surface area contributed by atoms with Crippen molar-refractivity contribution >= 4 is 57.9 Å². The van der Waals surface area contributed by atoms with E-state index in [4.69, 9.17) is 32.7 Å². The zero-order chi connectivity index (χ0) is 19.6. The molecule has 0 saturated carbocycles. The SMILES string of the molecule is CCOc1cc(Cl)c(/C=C2/SC(=O)N(c3ccc(Cl)cc3)C2=O)cc1OC. The highest BCUT2D eigenvalue weighted by atomic mass is 35.5. The van der Waals surface area contributed by atoms with Crippen LogP contribution in [0.1, 0.15) is 12.5 Å². The highest BCUT2D eigenvalue weighted by molar-refractivity contribution is 8.19. The fraction of sp³-hybridized carbons (Fsp3) is 0.158. The Hall–Kier alpha value is -2.15. The van der Waals surface area contributed by atoms with E-state index in [0.717, 1.165) is 16.7 Å². The molecule has 140 valence electrons. The zero-order valence-electron chi connectivity index (χ0n) is 14.5. The van der Waals surface area contributed by atoms with Gasteiger partial charge in [-0.1, -0.05) is 23.2 Å². The summed E-state index contributed by atoms with van der Waals surface area (Å²) in [6.45, 7) is 2.32. The van der Waals surface area contributed by atoms with Gasteiger partial charge >= 0.3 is 0 Å². The fourth-order valence-electron chi connectivity index (χ4n) is 2.51. The van der Waals surface area contributed by atoms with E-state index in [1.807, 2.05) is 6.92 Å². The molecule has 0 unspecified atom stereocenters. The maximum Gasteiger partial charge on any atom is 0.298 e. The Morgan fingerprint density at radius 1 is 1.11 bits per heavy atom. The largest absolute Gasteiger partial charge is 0.493 e. The lowest BCUT2D eigenvalue weighted by Crippen LogP contribution is -2.27. The first-order chi connectivity index (χ1) is 12.9. The molecule has 0 radical (unpaired) electrons. The van der Waals surface area contributed by atoms with Gasteiger partial charge in [0.15, 0.2) is 11.5 Å². The van der Waals surface area contributed by atoms with E-state index in [1.165, 1.54) is 7.11 Å². The number of rotatable bonds is 5. The summed E-state index contributed by atoms with van der Waals surface area (Å²) in [5.74, 6) is 0.581. The monoisotopic (exact) mass is 423 g/mol. The van der Waals surface area contributed by atoms with Crippen LogP contribution in [0.5, 0.6) is 11.5 Å². The Balaban J connectivity index is 1.95. The number of hydrogen-bond donors (Lipinski definition) is 0. The molecule has 0 aliphatic carbocycles. The molecule has 8 heteroatoms. The Morgan fingerprint density at radius 2 is 1.81 bits per heavy atom. The number of benzene rings is 2. The van der Waals surface area contributed by atoms with Crippen molar-refractivity contribution in [1.29, 1.82) is 0 Å². The standard InChI is InChI=1S/C19H15Cl2NO4S/c1-3-26-16-10-14(21)11(8-15(16)25-2)9-17-18(23)22(19(24)27-17)13-6-4-12(20)5-7-13/h4-10H,3H2,1-2H3/b17-9+. The summed E-state index contributed by atoms with van der Waals surface area (Å²) < 4.78 is 10.8. The molecule has 3 rings (SSSR count). The van der Waals surface area contributed by atoms with Crippen LogP contribution in [0.3, 0.4) is 0 Å². The summed E-state index contributed by atoms with van der Waals surface area (Å²) in [5, 5.41) is 0.523. The lowest BCUT2D eigenvalue weighted by molar-refractivity contribution is -0.113. The maximum absolute atomic E-state index is 12.7. The summed E-state index contributed by atoms with van der Waals surface area (Å²) in [7, 11) is 1.52. The molecule has 27 heavy (non-hydrogen) atoms. The first kappa shape index (κ1) is 19.6. The van der Waals surface area contributed by atoms with Gasteiger partial charge in [-0.25, -0.2) is 4.90 Å². The quantitative estimate of drug-likeness (QED) is 0.582. The molecule has 5 nitrogen and oxygen atoms in total. The van der Waals surface area contributed by atoms with Crippen LogP contribution in [0.2, 0.25) is 10.0 Å². The average Bonchev–Trinajstić information content (AvgIpc) is 2.92. The molecule has 1 saturated heterocycles. The number of methoxy groups -OCH3 is 1. The summed E-state index contributed by atoms with van der Waals surface area (Å²) in [5.41, 5.74) is 1.01. The zero-order valence-corrected chi connectivity index (χ0v) is 16.8. The second kappa shape index (κ2) is 8.25. The van der Waals surface area contributed by atoms with Crippen molar-refractivity contribution in [3.05, 3.63) is 56.9 Å². The number of amides is 2. The van der Waals surface area contributed by atoms with Crippen LogP contribution in [0.15, 0.2) is 41.3 Å². The van der Waals surface area contributed by atoms with Gasteiger partial charge in [-0.3, -0.25) is 9.59 Å². The van der Waals surface area contributed by atoms with Crippen LogP contribution in [0, 0.1) is 0 Å². The first-order valence-corrected chi connectivity index (χ1v) is 9.55. The van der Waals surface area contributed by atoms with Gasteiger partial charge in [-0.05, 0) is 60.7 Å². The molecule has 0 aromatic heterocycles. The molecule has 0 spiro atoms. The normalized spacial score (nSPS) is 15.6. The van der Waals surface area contributed by atoms with Crippen LogP contribution in [0.25, 0.3) is 6.08 Å². The molecule has 2 aromatic carbocycles. The van der Waals surface area contributed by atoms with E-state index >= 15 is 0 Å². The van der Waals surface area contributed by atoms with E-state index in [9.17, 15) is 9.59 Å². The minimum atomic E-state index is -0.420. The van der Waals surface area contributed by atoms with Crippen LogP contribution in [-0.4, -0.2) is 24.9 Å². The highest BCUT2D eigenvalue weighted by Crippen LogP contribution is 2.39. The molecule has 1 fully saturated rings. The van der Waals surface area contributed by atoms with Crippen molar-refractivity contribution < 1.29 is 19.1 Å². The molecule has 1 aliphatic rings. The van der Waals surface area contributed by atoms with Crippen LogP contribution >= 0.6 is 35.0 Å². The molecule has 2 amide bonds. The number of imide groups is 1. The molecule has 0 N–H and O–H groups in total. The van der Waals surface area contributed by atoms with Crippen LogP contribution < -0.4 is 14.4 Å². The second-order valence-electron chi connectivity index (χ2n) is 5.45. The summed E-state index contributed by atoms with van der Waals surface area (Å²) in [4.78, 5) is 26.4. The molecular weight excluding hydrogens is 409 g/mol. The maximum atomic E-state index is 12.7. The predicted molar refractivity (Wildman–Crippen MR) is 109 cm³/mol. The van der Waals surface area contributed by atoms with Gasteiger partial charge in [0, 0.05) is 11.1 Å². The van der Waals surface area contributed by atoms with Crippen molar-refractivity contribution in [3.8, 4) is 11.5 Å². The minimum Gasteiger partial charge on any atom is -0.493 e. The Labute approximate surface area is 170 Å². The van der Waals surface area contributed by atoms with E-state index in [0.29, 0.717) is 39.4 Å². The van der Waals surface area contributed by atoms with Crippen molar-refractivity contribution in [2.45, 2.75) is 6.92 Å². The molecule has 1 heterocycles. The smallest absolute Gasteiger partial charge is 0.298 e. The van der Waals surface area contributed by atoms with Gasteiger partial charge in [-0.2, -0.15) is 0 Å². The first-order valence-electron chi connectivity index (χ1n) is 7.98. The topological polar surface area (TPSA) is 55.8 Å². The summed E-state index contributed by atoms with van der Waals surface area (Å²) in [6.07, 6.45) is 1.57.